The van der Waals surface area contributed by atoms with Crippen molar-refractivity contribution in [2.75, 3.05) is 5.73 Å². The number of thiazole rings is 1. The van der Waals surface area contributed by atoms with Gasteiger partial charge < -0.3 is 10.2 Å². The van der Waals surface area contributed by atoms with Crippen LogP contribution in [0, 0.1) is 25.2 Å². The number of nitriles is 1. The SMILES string of the molecule is Cc1nc(C)c(-c2coc(N)c2C#N)s1. The summed E-state index contributed by atoms with van der Waals surface area (Å²) in [5, 5.41) is 9.91. The fraction of sp³-hybridized carbons (Fsp3) is 0.200. The number of rotatable bonds is 1. The standard InChI is InChI=1S/C10H9N3OS/c1-5-9(15-6(2)13-5)8-4-14-10(12)7(8)3-11/h4H,12H2,1-2H3. The molecule has 2 rings (SSSR count). The van der Waals surface area contributed by atoms with E-state index in [-0.39, 0.29) is 5.88 Å². The average Bonchev–Trinajstić information content (AvgIpc) is 2.69. The van der Waals surface area contributed by atoms with E-state index in [1.165, 1.54) is 17.6 Å². The highest BCUT2D eigenvalue weighted by Gasteiger charge is 2.17. The van der Waals surface area contributed by atoms with Gasteiger partial charge in [0.2, 0.25) is 5.88 Å². The molecule has 2 aromatic heterocycles. The van der Waals surface area contributed by atoms with E-state index in [1.54, 1.807) is 0 Å². The Morgan fingerprint density at radius 3 is 2.80 bits per heavy atom. The van der Waals surface area contributed by atoms with Crippen LogP contribution in [0.25, 0.3) is 10.4 Å². The number of nitrogen functional groups attached to an aromatic ring is 1. The molecule has 0 aromatic carbocycles. The maximum atomic E-state index is 8.94. The first-order chi connectivity index (χ1) is 7.13. The van der Waals surface area contributed by atoms with Crippen LogP contribution in [-0.4, -0.2) is 4.98 Å². The van der Waals surface area contributed by atoms with E-state index < -0.39 is 0 Å². The number of nitrogens with zero attached hydrogens (tertiary/aromatic N) is 2. The van der Waals surface area contributed by atoms with Gasteiger partial charge in [0.05, 0.1) is 21.1 Å². The largest absolute Gasteiger partial charge is 0.447 e. The number of aryl methyl sites for hydroxylation is 2. The molecule has 15 heavy (non-hydrogen) atoms. The second kappa shape index (κ2) is 3.41. The Labute approximate surface area is 91.0 Å². The fourth-order valence-corrected chi connectivity index (χ4v) is 2.37. The summed E-state index contributed by atoms with van der Waals surface area (Å²) in [5.41, 5.74) is 7.56. The minimum atomic E-state index is 0.165. The van der Waals surface area contributed by atoms with Crippen LogP contribution in [-0.2, 0) is 0 Å². The quantitative estimate of drug-likeness (QED) is 0.799. The van der Waals surface area contributed by atoms with E-state index in [4.69, 9.17) is 15.4 Å². The molecule has 0 radical (unpaired) electrons. The topological polar surface area (TPSA) is 75.8 Å². The Kier molecular flexibility index (Phi) is 2.21. The van der Waals surface area contributed by atoms with E-state index in [2.05, 4.69) is 4.98 Å². The molecule has 2 N–H and O–H groups in total. The number of nitrogens with two attached hydrogens (primary N) is 1. The molecule has 0 amide bonds. The van der Waals surface area contributed by atoms with Gasteiger partial charge in [-0.1, -0.05) is 0 Å². The van der Waals surface area contributed by atoms with Crippen LogP contribution in [0.15, 0.2) is 10.7 Å². The Morgan fingerprint density at radius 2 is 2.27 bits per heavy atom. The summed E-state index contributed by atoms with van der Waals surface area (Å²) in [5.74, 6) is 0.165. The van der Waals surface area contributed by atoms with Crippen LogP contribution in [0.1, 0.15) is 16.3 Å². The molecule has 0 unspecified atom stereocenters. The fourth-order valence-electron chi connectivity index (χ4n) is 1.44. The van der Waals surface area contributed by atoms with Crippen molar-refractivity contribution in [3.8, 4) is 16.5 Å². The van der Waals surface area contributed by atoms with Gasteiger partial charge >= 0.3 is 0 Å². The minimum Gasteiger partial charge on any atom is -0.447 e. The van der Waals surface area contributed by atoms with Gasteiger partial charge in [-0.2, -0.15) is 5.26 Å². The van der Waals surface area contributed by atoms with Crippen molar-refractivity contribution in [1.82, 2.24) is 4.98 Å². The van der Waals surface area contributed by atoms with Gasteiger partial charge in [0.15, 0.2) is 0 Å². The number of aromatic nitrogens is 1. The highest BCUT2D eigenvalue weighted by Crippen LogP contribution is 2.35. The summed E-state index contributed by atoms with van der Waals surface area (Å²) in [7, 11) is 0. The Hall–Kier alpha value is -1.80. The Morgan fingerprint density at radius 1 is 1.53 bits per heavy atom. The number of hydrogen-bond donors (Lipinski definition) is 1. The zero-order valence-corrected chi connectivity index (χ0v) is 9.18. The van der Waals surface area contributed by atoms with Gasteiger partial charge in [-0.3, -0.25) is 0 Å². The number of furan rings is 1. The third kappa shape index (κ3) is 1.49. The van der Waals surface area contributed by atoms with Crippen LogP contribution in [0.4, 0.5) is 5.88 Å². The summed E-state index contributed by atoms with van der Waals surface area (Å²) in [6.45, 7) is 3.83. The molecule has 0 fully saturated rings. The maximum Gasteiger partial charge on any atom is 0.208 e. The average molecular weight is 219 g/mol. The molecule has 0 bridgehead atoms. The first kappa shape index (κ1) is 9.74. The summed E-state index contributed by atoms with van der Waals surface area (Å²) in [4.78, 5) is 5.25. The third-order valence-electron chi connectivity index (χ3n) is 2.08. The molecule has 0 saturated heterocycles. The highest BCUT2D eigenvalue weighted by atomic mass is 32.1. The molecule has 2 heterocycles. The molecule has 0 atom stereocenters. The molecule has 0 saturated carbocycles. The number of hydrogen-bond acceptors (Lipinski definition) is 5. The van der Waals surface area contributed by atoms with E-state index in [0.29, 0.717) is 5.56 Å². The zero-order chi connectivity index (χ0) is 11.0. The Bertz CT molecular complexity index is 548. The normalized spacial score (nSPS) is 10.2. The molecule has 5 heteroatoms. The lowest BCUT2D eigenvalue weighted by Crippen LogP contribution is -1.85. The van der Waals surface area contributed by atoms with Gasteiger partial charge in [0, 0.05) is 0 Å². The van der Waals surface area contributed by atoms with E-state index in [1.807, 2.05) is 19.9 Å². The monoisotopic (exact) mass is 219 g/mol. The smallest absolute Gasteiger partial charge is 0.208 e. The van der Waals surface area contributed by atoms with Crippen molar-refractivity contribution in [3.63, 3.8) is 0 Å². The highest BCUT2D eigenvalue weighted by molar-refractivity contribution is 7.15. The molecular formula is C10H9N3OS. The van der Waals surface area contributed by atoms with Crippen LogP contribution < -0.4 is 5.73 Å². The zero-order valence-electron chi connectivity index (χ0n) is 8.37. The van der Waals surface area contributed by atoms with E-state index >= 15 is 0 Å². The van der Waals surface area contributed by atoms with E-state index in [9.17, 15) is 0 Å². The van der Waals surface area contributed by atoms with Crippen LogP contribution in [0.3, 0.4) is 0 Å². The third-order valence-corrected chi connectivity index (χ3v) is 3.19. The van der Waals surface area contributed by atoms with Gasteiger partial charge in [-0.25, -0.2) is 4.98 Å². The second-order valence-corrected chi connectivity index (χ2v) is 4.35. The van der Waals surface area contributed by atoms with Crippen molar-refractivity contribution in [1.29, 1.82) is 5.26 Å². The summed E-state index contributed by atoms with van der Waals surface area (Å²) in [6.07, 6.45) is 1.51. The molecule has 76 valence electrons. The van der Waals surface area contributed by atoms with Crippen molar-refractivity contribution in [2.45, 2.75) is 13.8 Å². The van der Waals surface area contributed by atoms with Crippen LogP contribution in [0.5, 0.6) is 0 Å². The maximum absolute atomic E-state index is 8.94. The lowest BCUT2D eigenvalue weighted by molar-refractivity contribution is 0.588. The summed E-state index contributed by atoms with van der Waals surface area (Å²) in [6, 6.07) is 2.04. The second-order valence-electron chi connectivity index (χ2n) is 3.15. The van der Waals surface area contributed by atoms with Gasteiger partial charge in [0.25, 0.3) is 0 Å². The minimum absolute atomic E-state index is 0.165. The molecule has 0 spiro atoms. The van der Waals surface area contributed by atoms with Gasteiger partial charge in [0.1, 0.15) is 17.9 Å². The molecule has 0 aliphatic carbocycles. The van der Waals surface area contributed by atoms with Crippen LogP contribution in [0.2, 0.25) is 0 Å². The van der Waals surface area contributed by atoms with Crippen molar-refractivity contribution < 1.29 is 4.42 Å². The van der Waals surface area contributed by atoms with Crippen LogP contribution >= 0.6 is 11.3 Å². The predicted molar refractivity (Wildman–Crippen MR) is 58.4 cm³/mol. The van der Waals surface area contributed by atoms with Crippen molar-refractivity contribution in [2.24, 2.45) is 0 Å². The molecule has 4 nitrogen and oxygen atoms in total. The molecular weight excluding hydrogens is 210 g/mol. The van der Waals surface area contributed by atoms with Gasteiger partial charge in [-0.05, 0) is 13.8 Å². The lowest BCUT2D eigenvalue weighted by atomic mass is 10.1. The summed E-state index contributed by atoms with van der Waals surface area (Å²) < 4.78 is 5.04. The van der Waals surface area contributed by atoms with Crippen molar-refractivity contribution in [3.05, 3.63) is 22.5 Å². The number of anilines is 1. The van der Waals surface area contributed by atoms with Crippen molar-refractivity contribution >= 4 is 17.2 Å². The Balaban J connectivity index is 2.65. The lowest BCUT2D eigenvalue weighted by Gasteiger charge is -1.92. The van der Waals surface area contributed by atoms with Gasteiger partial charge in [-0.15, -0.1) is 11.3 Å². The molecule has 0 aliphatic rings. The molecule has 2 aromatic rings. The predicted octanol–water partition coefficient (Wildman–Crippen LogP) is 2.47. The summed E-state index contributed by atoms with van der Waals surface area (Å²) >= 11 is 1.53. The van der Waals surface area contributed by atoms with E-state index in [0.717, 1.165) is 21.1 Å². The molecule has 0 aliphatic heterocycles. The first-order valence-corrected chi connectivity index (χ1v) is 5.16. The first-order valence-electron chi connectivity index (χ1n) is 4.35.